The van der Waals surface area contributed by atoms with E-state index in [1.807, 2.05) is 12.1 Å². The van der Waals surface area contributed by atoms with Crippen molar-refractivity contribution in [2.75, 3.05) is 4.90 Å². The highest BCUT2D eigenvalue weighted by Crippen LogP contribution is 2.60. The summed E-state index contributed by atoms with van der Waals surface area (Å²) in [7, 11) is 0. The van der Waals surface area contributed by atoms with Crippen molar-refractivity contribution in [2.45, 2.75) is 43.9 Å². The van der Waals surface area contributed by atoms with Gasteiger partial charge in [0.25, 0.3) is 5.91 Å². The van der Waals surface area contributed by atoms with Gasteiger partial charge in [-0.2, -0.15) is 0 Å². The van der Waals surface area contributed by atoms with Gasteiger partial charge in [0, 0.05) is 6.21 Å². The zero-order valence-corrected chi connectivity index (χ0v) is 15.1. The van der Waals surface area contributed by atoms with Crippen molar-refractivity contribution < 1.29 is 14.4 Å². The fourth-order valence-electron chi connectivity index (χ4n) is 6.41. The van der Waals surface area contributed by atoms with Crippen LogP contribution in [0.25, 0.3) is 0 Å². The van der Waals surface area contributed by atoms with E-state index in [4.69, 9.17) is 5.41 Å². The summed E-state index contributed by atoms with van der Waals surface area (Å²) in [5, 5.41) is 9.46. The van der Waals surface area contributed by atoms with E-state index in [0.29, 0.717) is 5.69 Å². The number of hydrogen-bond acceptors (Lipinski definition) is 4. The van der Waals surface area contributed by atoms with Gasteiger partial charge in [-0.05, 0) is 79.4 Å². The van der Waals surface area contributed by atoms with Gasteiger partial charge in [-0.25, -0.2) is 9.69 Å². The SMILES string of the molecule is N=CC1C(=O)NC(=O)N(c2ccc(C34CC5CC(CC(C5)C3)C4)cc2)C1=O. The third kappa shape index (κ3) is 2.46. The molecule has 27 heavy (non-hydrogen) atoms. The summed E-state index contributed by atoms with van der Waals surface area (Å²) in [6, 6.07) is 6.98. The van der Waals surface area contributed by atoms with Crippen molar-refractivity contribution in [1.82, 2.24) is 5.32 Å². The van der Waals surface area contributed by atoms with E-state index >= 15 is 0 Å². The summed E-state index contributed by atoms with van der Waals surface area (Å²) < 4.78 is 0. The Morgan fingerprint density at radius 2 is 1.52 bits per heavy atom. The zero-order chi connectivity index (χ0) is 18.8. The minimum Gasteiger partial charge on any atom is -0.312 e. The molecule has 0 aromatic heterocycles. The molecule has 1 aromatic carbocycles. The Morgan fingerprint density at radius 1 is 0.963 bits per heavy atom. The van der Waals surface area contributed by atoms with E-state index in [0.717, 1.165) is 28.9 Å². The lowest BCUT2D eigenvalue weighted by Crippen LogP contribution is -2.58. The second-order valence-corrected chi connectivity index (χ2v) is 8.86. The number of rotatable bonds is 3. The molecule has 6 nitrogen and oxygen atoms in total. The molecule has 1 atom stereocenters. The van der Waals surface area contributed by atoms with Crippen molar-refractivity contribution in [3.8, 4) is 0 Å². The van der Waals surface area contributed by atoms with Crippen molar-refractivity contribution in [3.63, 3.8) is 0 Å². The van der Waals surface area contributed by atoms with E-state index in [-0.39, 0.29) is 5.41 Å². The van der Waals surface area contributed by atoms with E-state index in [1.54, 1.807) is 0 Å². The third-order valence-corrected chi connectivity index (χ3v) is 7.14. The van der Waals surface area contributed by atoms with Crippen molar-refractivity contribution in [2.24, 2.45) is 23.7 Å². The normalized spacial score (nSPS) is 37.5. The summed E-state index contributed by atoms with van der Waals surface area (Å²) >= 11 is 0. The van der Waals surface area contributed by atoms with E-state index < -0.39 is 23.8 Å². The summed E-state index contributed by atoms with van der Waals surface area (Å²) in [6.07, 6.45) is 8.71. The Hall–Kier alpha value is -2.50. The van der Waals surface area contributed by atoms with Crippen LogP contribution >= 0.6 is 0 Å². The lowest BCUT2D eigenvalue weighted by atomic mass is 9.48. The Labute approximate surface area is 157 Å². The molecule has 1 saturated heterocycles. The number of imide groups is 2. The molecule has 1 aromatic rings. The molecule has 140 valence electrons. The fraction of sp³-hybridized carbons (Fsp3) is 0.524. The van der Waals surface area contributed by atoms with Crippen molar-refractivity contribution in [3.05, 3.63) is 29.8 Å². The molecule has 1 unspecified atom stereocenters. The van der Waals surface area contributed by atoms with Gasteiger partial charge in [-0.15, -0.1) is 0 Å². The molecule has 5 aliphatic rings. The number of nitrogens with one attached hydrogen (secondary N) is 2. The Bertz CT molecular complexity index is 809. The van der Waals surface area contributed by atoms with Crippen molar-refractivity contribution >= 4 is 29.7 Å². The number of benzene rings is 1. The monoisotopic (exact) mass is 365 g/mol. The number of barbiturate groups is 1. The summed E-state index contributed by atoms with van der Waals surface area (Å²) in [5.41, 5.74) is 2.02. The van der Waals surface area contributed by atoms with Gasteiger partial charge < -0.3 is 5.41 Å². The summed E-state index contributed by atoms with van der Waals surface area (Å²) in [6.45, 7) is 0. The Morgan fingerprint density at radius 3 is 2.04 bits per heavy atom. The van der Waals surface area contributed by atoms with E-state index in [2.05, 4.69) is 17.4 Å². The van der Waals surface area contributed by atoms with Gasteiger partial charge in [0.1, 0.15) is 0 Å². The first-order chi connectivity index (χ1) is 13.0. The molecule has 5 fully saturated rings. The van der Waals surface area contributed by atoms with Crippen LogP contribution < -0.4 is 10.2 Å². The molecule has 4 amide bonds. The minimum atomic E-state index is -1.24. The molecule has 1 heterocycles. The van der Waals surface area contributed by atoms with Gasteiger partial charge in [-0.1, -0.05) is 12.1 Å². The number of carbonyl (C=O) groups excluding carboxylic acids is 3. The second-order valence-electron chi connectivity index (χ2n) is 8.86. The predicted molar refractivity (Wildman–Crippen MR) is 99.6 cm³/mol. The van der Waals surface area contributed by atoms with Crippen LogP contribution in [0.1, 0.15) is 44.1 Å². The average Bonchev–Trinajstić information content (AvgIpc) is 2.61. The fourth-order valence-corrected chi connectivity index (χ4v) is 6.41. The standard InChI is InChI=1S/C21H23N3O3/c22-11-17-18(25)23-20(27)24(19(17)26)16-3-1-15(2-4-16)21-8-12-5-13(9-21)7-14(6-12)10-21/h1-4,11-14,17,22H,5-10H2,(H,23,25,27). The first-order valence-electron chi connectivity index (χ1n) is 9.79. The summed E-state index contributed by atoms with van der Waals surface area (Å²) in [5.74, 6) is -0.0903. The maximum absolute atomic E-state index is 12.5. The van der Waals surface area contributed by atoms with Gasteiger partial charge >= 0.3 is 6.03 Å². The van der Waals surface area contributed by atoms with Crippen molar-refractivity contribution in [1.29, 1.82) is 5.41 Å². The summed E-state index contributed by atoms with van der Waals surface area (Å²) in [4.78, 5) is 37.3. The molecular formula is C21H23N3O3. The molecule has 6 rings (SSSR count). The first-order valence-corrected chi connectivity index (χ1v) is 9.79. The lowest BCUT2D eigenvalue weighted by molar-refractivity contribution is -0.131. The van der Waals surface area contributed by atoms with E-state index in [9.17, 15) is 14.4 Å². The average molecular weight is 365 g/mol. The highest BCUT2D eigenvalue weighted by molar-refractivity contribution is 6.32. The van der Waals surface area contributed by atoms with Gasteiger partial charge in [-0.3, -0.25) is 14.9 Å². The van der Waals surface area contributed by atoms with Gasteiger partial charge in [0.15, 0.2) is 5.92 Å². The van der Waals surface area contributed by atoms with Crippen LogP contribution in [0.15, 0.2) is 24.3 Å². The van der Waals surface area contributed by atoms with Crippen LogP contribution in [0, 0.1) is 29.1 Å². The predicted octanol–water partition coefficient (Wildman–Crippen LogP) is 3.00. The van der Waals surface area contributed by atoms with Crippen LogP contribution in [-0.2, 0) is 15.0 Å². The molecule has 0 spiro atoms. The second kappa shape index (κ2) is 5.75. The van der Waals surface area contributed by atoms with E-state index in [1.165, 1.54) is 44.1 Å². The highest BCUT2D eigenvalue weighted by Gasteiger charge is 2.51. The molecule has 1 aliphatic heterocycles. The Kier molecular flexibility index (Phi) is 3.55. The highest BCUT2D eigenvalue weighted by atomic mass is 16.2. The van der Waals surface area contributed by atoms with Crippen LogP contribution in [0.3, 0.4) is 0 Å². The number of urea groups is 1. The van der Waals surface area contributed by atoms with Crippen LogP contribution in [0.4, 0.5) is 10.5 Å². The Balaban J connectivity index is 1.44. The molecule has 2 N–H and O–H groups in total. The molecule has 4 aliphatic carbocycles. The number of hydrogen-bond donors (Lipinski definition) is 2. The third-order valence-electron chi connectivity index (χ3n) is 7.14. The van der Waals surface area contributed by atoms with Crippen LogP contribution in [0.5, 0.6) is 0 Å². The minimum absolute atomic E-state index is 0.259. The topological polar surface area (TPSA) is 90.3 Å². The molecule has 4 saturated carbocycles. The van der Waals surface area contributed by atoms with Gasteiger partial charge in [0.05, 0.1) is 5.69 Å². The van der Waals surface area contributed by atoms with Gasteiger partial charge in [0.2, 0.25) is 5.91 Å². The zero-order valence-electron chi connectivity index (χ0n) is 15.1. The quantitative estimate of drug-likeness (QED) is 0.637. The largest absolute Gasteiger partial charge is 0.335 e. The molecular weight excluding hydrogens is 342 g/mol. The number of amides is 4. The van der Waals surface area contributed by atoms with Crippen LogP contribution in [0.2, 0.25) is 0 Å². The molecule has 0 radical (unpaired) electrons. The van der Waals surface area contributed by atoms with Crippen LogP contribution in [-0.4, -0.2) is 24.1 Å². The maximum Gasteiger partial charge on any atom is 0.335 e. The lowest BCUT2D eigenvalue weighted by Gasteiger charge is -2.57. The number of anilines is 1. The maximum atomic E-state index is 12.5. The molecule has 6 heteroatoms. The number of nitrogens with zero attached hydrogens (tertiary/aromatic N) is 1. The molecule has 4 bridgehead atoms. The first kappa shape index (κ1) is 16.7. The number of carbonyl (C=O) groups is 3. The smallest absolute Gasteiger partial charge is 0.312 e.